The van der Waals surface area contributed by atoms with Crippen LogP contribution in [0.4, 0.5) is 14.5 Å². The fourth-order valence-electron chi connectivity index (χ4n) is 3.69. The van der Waals surface area contributed by atoms with Crippen molar-refractivity contribution < 1.29 is 18.4 Å². The fraction of sp³-hybridized carbons (Fsp3) is 0.261. The summed E-state index contributed by atoms with van der Waals surface area (Å²) in [5, 5.41) is 2.75. The number of carbonyl (C=O) groups excluding carboxylic acids is 2. The molecule has 9 heteroatoms. The molecule has 0 fully saturated rings. The molecule has 2 heterocycles. The molecule has 6 nitrogen and oxygen atoms in total. The number of anilines is 1. The Balaban J connectivity index is 1.35. The van der Waals surface area contributed by atoms with Crippen molar-refractivity contribution in [2.24, 2.45) is 0 Å². The Labute approximate surface area is 188 Å². The first kappa shape index (κ1) is 22.0. The summed E-state index contributed by atoms with van der Waals surface area (Å²) < 4.78 is 26.6. The Hall–Kier alpha value is -3.20. The van der Waals surface area contributed by atoms with Crippen LogP contribution in [0.15, 0.2) is 65.8 Å². The van der Waals surface area contributed by atoms with E-state index >= 15 is 0 Å². The van der Waals surface area contributed by atoms with Gasteiger partial charge in [-0.15, -0.1) is 11.8 Å². The number of para-hydroxylation sites is 1. The zero-order valence-corrected chi connectivity index (χ0v) is 18.0. The van der Waals surface area contributed by atoms with Crippen LogP contribution in [0.2, 0.25) is 0 Å². The van der Waals surface area contributed by atoms with E-state index in [1.165, 1.54) is 24.2 Å². The summed E-state index contributed by atoms with van der Waals surface area (Å²) in [4.78, 5) is 31.9. The van der Waals surface area contributed by atoms with Crippen LogP contribution in [0.3, 0.4) is 0 Å². The molecule has 2 aromatic carbocycles. The molecule has 166 valence electrons. The minimum Gasteiger partial charge on any atom is -0.352 e. The van der Waals surface area contributed by atoms with Crippen molar-refractivity contribution in [1.82, 2.24) is 14.9 Å². The average molecular weight is 457 g/mol. The highest BCUT2D eigenvalue weighted by Crippen LogP contribution is 2.29. The molecule has 4 rings (SSSR count). The number of benzene rings is 2. The van der Waals surface area contributed by atoms with E-state index in [1.54, 1.807) is 23.1 Å². The van der Waals surface area contributed by atoms with Gasteiger partial charge in [-0.05, 0) is 30.2 Å². The van der Waals surface area contributed by atoms with Gasteiger partial charge >= 0.3 is 6.55 Å². The lowest BCUT2D eigenvalue weighted by Crippen LogP contribution is -2.30. The van der Waals surface area contributed by atoms with E-state index in [4.69, 9.17) is 0 Å². The molecule has 0 atom stereocenters. The number of imidazole rings is 1. The van der Waals surface area contributed by atoms with Crippen LogP contribution in [-0.4, -0.2) is 40.2 Å². The number of amides is 2. The summed E-state index contributed by atoms with van der Waals surface area (Å²) in [5.41, 5.74) is 2.56. The second kappa shape index (κ2) is 9.95. The van der Waals surface area contributed by atoms with Gasteiger partial charge in [0.15, 0.2) is 0 Å². The van der Waals surface area contributed by atoms with E-state index in [-0.39, 0.29) is 36.4 Å². The van der Waals surface area contributed by atoms with Crippen molar-refractivity contribution in [3.8, 4) is 0 Å². The van der Waals surface area contributed by atoms with Crippen LogP contribution in [0, 0.1) is 0 Å². The highest BCUT2D eigenvalue weighted by molar-refractivity contribution is 8.00. The number of carbonyl (C=O) groups is 2. The SMILES string of the molecule is O=C(NCCc1nccn1C(F)F)c1ccccc1SCC(=O)N1CCc2ccccc21. The summed E-state index contributed by atoms with van der Waals surface area (Å²) in [7, 11) is 0. The first-order valence-corrected chi connectivity index (χ1v) is 11.2. The van der Waals surface area contributed by atoms with Crippen molar-refractivity contribution in [3.63, 3.8) is 0 Å². The largest absolute Gasteiger partial charge is 0.352 e. The predicted molar refractivity (Wildman–Crippen MR) is 119 cm³/mol. The van der Waals surface area contributed by atoms with Crippen LogP contribution < -0.4 is 10.2 Å². The Morgan fingerprint density at radius 2 is 1.91 bits per heavy atom. The fourth-order valence-corrected chi connectivity index (χ4v) is 4.62. The summed E-state index contributed by atoms with van der Waals surface area (Å²) >= 11 is 1.31. The number of alkyl halides is 2. The van der Waals surface area contributed by atoms with Gasteiger partial charge in [0.2, 0.25) is 5.91 Å². The third-order valence-corrected chi connectivity index (χ3v) is 6.32. The third-order valence-electron chi connectivity index (χ3n) is 5.26. The maximum Gasteiger partial charge on any atom is 0.319 e. The molecule has 0 saturated carbocycles. The van der Waals surface area contributed by atoms with Crippen LogP contribution in [0.25, 0.3) is 0 Å². The van der Waals surface area contributed by atoms with Crippen molar-refractivity contribution in [2.45, 2.75) is 24.3 Å². The maximum absolute atomic E-state index is 12.9. The summed E-state index contributed by atoms with van der Waals surface area (Å²) in [5.74, 6) is 0.0976. The lowest BCUT2D eigenvalue weighted by molar-refractivity contribution is -0.116. The van der Waals surface area contributed by atoms with Crippen LogP contribution in [0.1, 0.15) is 28.3 Å². The van der Waals surface area contributed by atoms with Gasteiger partial charge < -0.3 is 10.2 Å². The van der Waals surface area contributed by atoms with Crippen LogP contribution in [-0.2, 0) is 17.6 Å². The zero-order chi connectivity index (χ0) is 22.5. The second-order valence-electron chi connectivity index (χ2n) is 7.24. The number of fused-ring (bicyclic) bond motifs is 1. The maximum atomic E-state index is 12.9. The molecule has 0 bridgehead atoms. The molecular formula is C23H22F2N4O2S. The molecule has 3 aromatic rings. The van der Waals surface area contributed by atoms with Crippen molar-refractivity contribution >= 4 is 29.3 Å². The van der Waals surface area contributed by atoms with Gasteiger partial charge in [-0.25, -0.2) is 4.98 Å². The molecule has 1 aromatic heterocycles. The Morgan fingerprint density at radius 3 is 2.75 bits per heavy atom. The summed E-state index contributed by atoms with van der Waals surface area (Å²) in [6.07, 6.45) is 3.55. The van der Waals surface area contributed by atoms with Gasteiger partial charge in [-0.3, -0.25) is 14.2 Å². The molecule has 1 aliphatic rings. The predicted octanol–water partition coefficient (Wildman–Crippen LogP) is 3.93. The molecule has 32 heavy (non-hydrogen) atoms. The van der Waals surface area contributed by atoms with Gasteiger partial charge in [0, 0.05) is 42.5 Å². The van der Waals surface area contributed by atoms with Gasteiger partial charge in [-0.1, -0.05) is 30.3 Å². The molecule has 1 N–H and O–H groups in total. The standard InChI is InChI=1S/C23H22F2N4O2S/c24-23(25)29-14-12-26-20(29)9-11-27-22(31)17-6-2-4-8-19(17)32-15-21(30)28-13-10-16-5-1-3-7-18(16)28/h1-8,12,14,23H,9-11,13,15H2,(H,27,31). The van der Waals surface area contributed by atoms with Gasteiger partial charge in [-0.2, -0.15) is 8.78 Å². The number of nitrogens with zero attached hydrogens (tertiary/aromatic N) is 3. The van der Waals surface area contributed by atoms with Gasteiger partial charge in [0.1, 0.15) is 5.82 Å². The molecule has 2 amide bonds. The molecule has 0 aliphatic carbocycles. The highest BCUT2D eigenvalue weighted by Gasteiger charge is 2.24. The van der Waals surface area contributed by atoms with Crippen molar-refractivity contribution in [3.05, 3.63) is 77.9 Å². The number of hydrogen-bond donors (Lipinski definition) is 1. The molecule has 0 saturated heterocycles. The monoisotopic (exact) mass is 456 g/mol. The Bertz CT molecular complexity index is 1120. The third kappa shape index (κ3) is 4.83. The molecule has 0 radical (unpaired) electrons. The van der Waals surface area contributed by atoms with E-state index in [0.29, 0.717) is 17.0 Å². The average Bonchev–Trinajstić information content (AvgIpc) is 3.45. The molecule has 1 aliphatic heterocycles. The number of nitrogens with one attached hydrogen (secondary N) is 1. The first-order chi connectivity index (χ1) is 15.5. The number of thioether (sulfide) groups is 1. The van der Waals surface area contributed by atoms with Crippen LogP contribution >= 0.6 is 11.8 Å². The summed E-state index contributed by atoms with van der Waals surface area (Å²) in [6, 6.07) is 14.9. The molecule has 0 spiro atoms. The lowest BCUT2D eigenvalue weighted by atomic mass is 10.2. The normalized spacial score (nSPS) is 12.8. The van der Waals surface area contributed by atoms with Crippen molar-refractivity contribution in [2.75, 3.05) is 23.7 Å². The number of halogens is 2. The minimum atomic E-state index is -2.67. The minimum absolute atomic E-state index is 0.00556. The highest BCUT2D eigenvalue weighted by atomic mass is 32.2. The Morgan fingerprint density at radius 1 is 1.12 bits per heavy atom. The summed E-state index contributed by atoms with van der Waals surface area (Å²) in [6.45, 7) is -1.83. The quantitative estimate of drug-likeness (QED) is 0.522. The lowest BCUT2D eigenvalue weighted by Gasteiger charge is -2.17. The van der Waals surface area contributed by atoms with Gasteiger partial charge in [0.25, 0.3) is 5.91 Å². The smallest absolute Gasteiger partial charge is 0.319 e. The van der Waals surface area contributed by atoms with E-state index in [1.807, 2.05) is 30.3 Å². The Kier molecular flexibility index (Phi) is 6.84. The number of rotatable bonds is 8. The van der Waals surface area contributed by atoms with E-state index < -0.39 is 6.55 Å². The molecule has 0 unspecified atom stereocenters. The van der Waals surface area contributed by atoms with Crippen LogP contribution in [0.5, 0.6) is 0 Å². The zero-order valence-electron chi connectivity index (χ0n) is 17.2. The second-order valence-corrected chi connectivity index (χ2v) is 8.26. The first-order valence-electron chi connectivity index (χ1n) is 10.2. The number of aromatic nitrogens is 2. The van der Waals surface area contributed by atoms with Gasteiger partial charge in [0.05, 0.1) is 11.3 Å². The number of hydrogen-bond acceptors (Lipinski definition) is 4. The topological polar surface area (TPSA) is 67.2 Å². The van der Waals surface area contributed by atoms with E-state index in [0.717, 1.165) is 22.2 Å². The van der Waals surface area contributed by atoms with Crippen molar-refractivity contribution in [1.29, 1.82) is 0 Å². The van der Waals surface area contributed by atoms with E-state index in [9.17, 15) is 18.4 Å². The molecular weight excluding hydrogens is 434 g/mol. The van der Waals surface area contributed by atoms with E-state index in [2.05, 4.69) is 10.3 Å².